The summed E-state index contributed by atoms with van der Waals surface area (Å²) in [6, 6.07) is 17.3. The fraction of sp³-hybridized carbons (Fsp3) is 0.286. The summed E-state index contributed by atoms with van der Waals surface area (Å²) in [4.78, 5) is 33.4. The second-order valence-electron chi connectivity index (χ2n) is 9.21. The largest absolute Gasteiger partial charge is 0.332 e. The first-order chi connectivity index (χ1) is 16.8. The Labute approximate surface area is 210 Å². The van der Waals surface area contributed by atoms with Crippen LogP contribution in [0, 0.1) is 18.3 Å². The molecular weight excluding hydrogens is 460 g/mol. The van der Waals surface area contributed by atoms with Gasteiger partial charge < -0.3 is 4.90 Å². The summed E-state index contributed by atoms with van der Waals surface area (Å²) < 4.78 is 0. The van der Waals surface area contributed by atoms with Gasteiger partial charge in [0.1, 0.15) is 11.6 Å². The van der Waals surface area contributed by atoms with Crippen LogP contribution in [0.2, 0.25) is 5.02 Å². The van der Waals surface area contributed by atoms with E-state index in [0.29, 0.717) is 23.4 Å². The third kappa shape index (κ3) is 4.65. The van der Waals surface area contributed by atoms with E-state index in [1.54, 1.807) is 50.2 Å². The third-order valence-electron chi connectivity index (χ3n) is 6.61. The predicted molar refractivity (Wildman–Crippen MR) is 137 cm³/mol. The van der Waals surface area contributed by atoms with Crippen molar-refractivity contribution in [2.24, 2.45) is 0 Å². The first-order valence-corrected chi connectivity index (χ1v) is 12.0. The fourth-order valence-corrected chi connectivity index (χ4v) is 4.64. The number of rotatable bonds is 7. The maximum atomic E-state index is 13.3. The molecule has 2 aromatic carbocycles. The van der Waals surface area contributed by atoms with Gasteiger partial charge in [-0.3, -0.25) is 9.78 Å². The second-order valence-corrected chi connectivity index (χ2v) is 9.58. The molecule has 178 valence electrons. The molecule has 0 atom stereocenters. The monoisotopic (exact) mass is 486 g/mol. The van der Waals surface area contributed by atoms with Crippen molar-refractivity contribution in [2.45, 2.75) is 45.6 Å². The Kier molecular flexibility index (Phi) is 6.90. The van der Waals surface area contributed by atoms with Crippen molar-refractivity contribution in [3.63, 3.8) is 0 Å². The number of hydrogen-bond acceptors (Lipinski definition) is 4. The Balaban J connectivity index is 1.40. The predicted octanol–water partition coefficient (Wildman–Crippen LogP) is 6.15. The zero-order valence-electron chi connectivity index (χ0n) is 20.1. The Bertz CT molecular complexity index is 1300. The van der Waals surface area contributed by atoms with E-state index in [1.807, 2.05) is 18.2 Å². The number of imide groups is 1. The molecule has 7 heteroatoms. The molecule has 3 amide bonds. The molecule has 4 rings (SSSR count). The molecule has 35 heavy (non-hydrogen) atoms. The lowest BCUT2D eigenvalue weighted by molar-refractivity contribution is -0.123. The van der Waals surface area contributed by atoms with Gasteiger partial charge in [0.15, 0.2) is 0 Å². The zero-order valence-corrected chi connectivity index (χ0v) is 20.8. The first kappa shape index (κ1) is 24.4. The topological polar surface area (TPSA) is 77.3 Å². The number of carbonyl (C=O) groups excluding carboxylic acids is 2. The quantitative estimate of drug-likeness (QED) is 0.296. The number of nitrogens with zero attached hydrogens (tertiary/aromatic N) is 4. The van der Waals surface area contributed by atoms with Gasteiger partial charge in [-0.2, -0.15) is 5.26 Å². The minimum atomic E-state index is -0.962. The van der Waals surface area contributed by atoms with Crippen LogP contribution in [0.25, 0.3) is 11.1 Å². The number of unbranched alkanes of at least 4 members (excludes halogenated alkanes) is 1. The van der Waals surface area contributed by atoms with Gasteiger partial charge in [0, 0.05) is 18.9 Å². The number of benzene rings is 2. The molecule has 0 radical (unpaired) electrons. The minimum Gasteiger partial charge on any atom is -0.310 e. The molecule has 1 fully saturated rings. The third-order valence-corrected chi connectivity index (χ3v) is 7.09. The maximum absolute atomic E-state index is 13.3. The molecule has 2 heterocycles. The van der Waals surface area contributed by atoms with Crippen molar-refractivity contribution in [1.82, 2.24) is 9.88 Å². The molecule has 0 bridgehead atoms. The average molecular weight is 487 g/mol. The van der Waals surface area contributed by atoms with Crippen molar-refractivity contribution in [3.05, 3.63) is 82.6 Å². The summed E-state index contributed by atoms with van der Waals surface area (Å²) >= 11 is 6.30. The van der Waals surface area contributed by atoms with E-state index >= 15 is 0 Å². The summed E-state index contributed by atoms with van der Waals surface area (Å²) in [7, 11) is 0. The van der Waals surface area contributed by atoms with Crippen LogP contribution in [0.4, 0.5) is 10.5 Å². The van der Waals surface area contributed by atoms with Gasteiger partial charge in [-0.05, 0) is 86.6 Å². The molecule has 1 aromatic heterocycles. The van der Waals surface area contributed by atoms with E-state index in [0.717, 1.165) is 30.4 Å². The van der Waals surface area contributed by atoms with Gasteiger partial charge in [-0.1, -0.05) is 35.9 Å². The molecular formula is C28H27ClN4O2. The highest BCUT2D eigenvalue weighted by Crippen LogP contribution is 2.37. The summed E-state index contributed by atoms with van der Waals surface area (Å²) in [5, 5.41) is 9.47. The Morgan fingerprint density at radius 3 is 2.29 bits per heavy atom. The van der Waals surface area contributed by atoms with Gasteiger partial charge in [0.25, 0.3) is 5.91 Å². The fourth-order valence-electron chi connectivity index (χ4n) is 4.43. The van der Waals surface area contributed by atoms with Crippen LogP contribution in [0.3, 0.4) is 0 Å². The number of pyridine rings is 1. The molecule has 1 saturated heterocycles. The lowest BCUT2D eigenvalue weighted by atomic mass is 10.0. The van der Waals surface area contributed by atoms with Crippen LogP contribution in [0.5, 0.6) is 0 Å². The van der Waals surface area contributed by atoms with Crippen molar-refractivity contribution < 1.29 is 9.59 Å². The van der Waals surface area contributed by atoms with Crippen LogP contribution in [-0.2, 0) is 11.2 Å². The van der Waals surface area contributed by atoms with Crippen LogP contribution >= 0.6 is 11.6 Å². The van der Waals surface area contributed by atoms with Crippen LogP contribution in [0.15, 0.2) is 60.9 Å². The van der Waals surface area contributed by atoms with Crippen molar-refractivity contribution in [3.8, 4) is 17.2 Å². The van der Waals surface area contributed by atoms with Gasteiger partial charge >= 0.3 is 6.03 Å². The van der Waals surface area contributed by atoms with Gasteiger partial charge in [-0.25, -0.2) is 9.69 Å². The minimum absolute atomic E-state index is 0.261. The molecule has 0 spiro atoms. The van der Waals surface area contributed by atoms with E-state index in [-0.39, 0.29) is 17.0 Å². The number of aryl methyl sites for hydroxylation is 1. The number of urea groups is 1. The Morgan fingerprint density at radius 2 is 1.63 bits per heavy atom. The second kappa shape index (κ2) is 9.89. The van der Waals surface area contributed by atoms with E-state index < -0.39 is 5.54 Å². The molecule has 0 unspecified atom stereocenters. The Morgan fingerprint density at radius 1 is 0.971 bits per heavy atom. The van der Waals surface area contributed by atoms with Crippen molar-refractivity contribution in [2.75, 3.05) is 11.4 Å². The van der Waals surface area contributed by atoms with E-state index in [9.17, 15) is 14.9 Å². The molecule has 1 aliphatic heterocycles. The van der Waals surface area contributed by atoms with E-state index in [4.69, 9.17) is 11.6 Å². The smallest absolute Gasteiger partial charge is 0.310 e. The Hall–Kier alpha value is -3.69. The van der Waals surface area contributed by atoms with Crippen LogP contribution < -0.4 is 4.90 Å². The SMILES string of the molecule is Cc1c(N2C(=O)N(CCCCc3ccc(-c4ccncc4)cc3)C(C)(C)C2=O)ccc(C#N)c1Cl. The molecule has 0 aliphatic carbocycles. The standard InChI is InChI=1S/C28H27ClN4O2/c1-19-24(12-11-23(18-30)25(19)29)33-26(34)28(2,3)32(27(33)35)17-5-4-6-20-7-9-21(10-8-20)22-13-15-31-16-14-22/h7-16H,4-6,17H2,1-3H3. The summed E-state index contributed by atoms with van der Waals surface area (Å²) in [5.41, 5.74) is 3.84. The van der Waals surface area contributed by atoms with Crippen molar-refractivity contribution >= 4 is 29.2 Å². The number of nitriles is 1. The van der Waals surface area contributed by atoms with Gasteiger partial charge in [0.2, 0.25) is 0 Å². The number of halogens is 1. The highest BCUT2D eigenvalue weighted by atomic mass is 35.5. The number of aromatic nitrogens is 1. The lowest BCUT2D eigenvalue weighted by Crippen LogP contribution is -2.44. The molecule has 0 N–H and O–H groups in total. The highest BCUT2D eigenvalue weighted by Gasteiger charge is 2.51. The van der Waals surface area contributed by atoms with Crippen LogP contribution in [-0.4, -0.2) is 33.9 Å². The maximum Gasteiger partial charge on any atom is 0.332 e. The summed E-state index contributed by atoms with van der Waals surface area (Å²) in [5.74, 6) is -0.293. The number of hydrogen-bond donors (Lipinski definition) is 0. The molecule has 3 aromatic rings. The van der Waals surface area contributed by atoms with Gasteiger partial charge in [-0.15, -0.1) is 0 Å². The summed E-state index contributed by atoms with van der Waals surface area (Å²) in [6.07, 6.45) is 6.13. The normalized spacial score (nSPS) is 14.9. The first-order valence-electron chi connectivity index (χ1n) is 11.6. The lowest BCUT2D eigenvalue weighted by Gasteiger charge is -2.27. The molecule has 1 aliphatic rings. The highest BCUT2D eigenvalue weighted by molar-refractivity contribution is 6.33. The van der Waals surface area contributed by atoms with Crippen molar-refractivity contribution in [1.29, 1.82) is 5.26 Å². The summed E-state index contributed by atoms with van der Waals surface area (Å²) in [6.45, 7) is 5.73. The number of carbonyl (C=O) groups is 2. The average Bonchev–Trinajstić information content (AvgIpc) is 3.03. The zero-order chi connectivity index (χ0) is 25.2. The van der Waals surface area contributed by atoms with Gasteiger partial charge in [0.05, 0.1) is 16.3 Å². The molecule has 6 nitrogen and oxygen atoms in total. The molecule has 0 saturated carbocycles. The van der Waals surface area contributed by atoms with E-state index in [1.165, 1.54) is 10.5 Å². The number of amides is 3. The number of anilines is 1. The van der Waals surface area contributed by atoms with Crippen LogP contribution in [0.1, 0.15) is 43.4 Å². The van der Waals surface area contributed by atoms with E-state index in [2.05, 4.69) is 29.2 Å².